The van der Waals surface area contributed by atoms with Crippen LogP contribution in [0.2, 0.25) is 0 Å². The summed E-state index contributed by atoms with van der Waals surface area (Å²) < 4.78 is 5.26. The summed E-state index contributed by atoms with van der Waals surface area (Å²) in [5, 5.41) is 8.89. The van der Waals surface area contributed by atoms with Gasteiger partial charge < -0.3 is 14.7 Å². The molecule has 0 bridgehead atoms. The number of nitrogens with zero attached hydrogens (tertiary/aromatic N) is 1. The molecule has 1 atom stereocenters. The van der Waals surface area contributed by atoms with Gasteiger partial charge in [0.2, 0.25) is 0 Å². The van der Waals surface area contributed by atoms with Crippen LogP contribution >= 0.6 is 0 Å². The Morgan fingerprint density at radius 2 is 2.26 bits per heavy atom. The molecule has 102 valence electrons. The van der Waals surface area contributed by atoms with E-state index in [0.29, 0.717) is 18.7 Å². The van der Waals surface area contributed by atoms with Crippen LogP contribution in [0.3, 0.4) is 0 Å². The Labute approximate surface area is 111 Å². The van der Waals surface area contributed by atoms with Crippen LogP contribution in [-0.4, -0.2) is 35.2 Å². The van der Waals surface area contributed by atoms with Crippen molar-refractivity contribution in [2.75, 3.05) is 13.1 Å². The smallest absolute Gasteiger partial charge is 0.415 e. The molecule has 1 aromatic carbocycles. The number of hydrogen-bond donors (Lipinski definition) is 1. The van der Waals surface area contributed by atoms with Crippen molar-refractivity contribution in [2.45, 2.75) is 19.8 Å². The van der Waals surface area contributed by atoms with E-state index in [1.807, 2.05) is 25.1 Å². The lowest BCUT2D eigenvalue weighted by atomic mass is 10.1. The minimum Gasteiger partial charge on any atom is -0.481 e. The van der Waals surface area contributed by atoms with Crippen molar-refractivity contribution in [1.82, 2.24) is 4.90 Å². The number of rotatable bonds is 3. The summed E-state index contributed by atoms with van der Waals surface area (Å²) in [5.41, 5.74) is 1.09. The Hall–Kier alpha value is -2.04. The molecule has 0 aliphatic carbocycles. The first-order valence-electron chi connectivity index (χ1n) is 6.38. The van der Waals surface area contributed by atoms with Crippen molar-refractivity contribution in [3.63, 3.8) is 0 Å². The van der Waals surface area contributed by atoms with Crippen LogP contribution in [0.25, 0.3) is 0 Å². The summed E-state index contributed by atoms with van der Waals surface area (Å²) >= 11 is 0. The fourth-order valence-electron chi connectivity index (χ4n) is 2.12. The maximum atomic E-state index is 11.9. The Kier molecular flexibility index (Phi) is 4.04. The first-order chi connectivity index (χ1) is 9.10. The first-order valence-corrected chi connectivity index (χ1v) is 6.38. The second-order valence-corrected chi connectivity index (χ2v) is 4.64. The highest BCUT2D eigenvalue weighted by molar-refractivity contribution is 5.75. The summed E-state index contributed by atoms with van der Waals surface area (Å²) in [6.45, 7) is 2.68. The van der Waals surface area contributed by atoms with Crippen LogP contribution in [0.5, 0.6) is 5.75 Å². The van der Waals surface area contributed by atoms with Crippen LogP contribution in [0.15, 0.2) is 24.3 Å². The highest BCUT2D eigenvalue weighted by Crippen LogP contribution is 2.19. The molecule has 1 aliphatic heterocycles. The number of aliphatic carboxylic acids is 1. The van der Waals surface area contributed by atoms with E-state index in [2.05, 4.69) is 0 Å². The SMILES string of the molecule is CCc1cccc(OC(=O)N2CCC(C(=O)O)C2)c1. The van der Waals surface area contributed by atoms with Gasteiger partial charge >= 0.3 is 12.1 Å². The average molecular weight is 263 g/mol. The predicted octanol–water partition coefficient (Wildman–Crippen LogP) is 2.15. The van der Waals surface area contributed by atoms with Crippen LogP contribution in [-0.2, 0) is 11.2 Å². The number of aryl methyl sites for hydroxylation is 1. The Bertz CT molecular complexity index is 486. The van der Waals surface area contributed by atoms with Gasteiger partial charge in [-0.25, -0.2) is 4.79 Å². The third kappa shape index (κ3) is 3.24. The summed E-state index contributed by atoms with van der Waals surface area (Å²) in [6.07, 6.45) is 0.882. The standard InChI is InChI=1S/C14H17NO4/c1-2-10-4-3-5-12(8-10)19-14(18)15-7-6-11(9-15)13(16)17/h3-5,8,11H,2,6-7,9H2,1H3,(H,16,17). The van der Waals surface area contributed by atoms with E-state index in [1.54, 1.807) is 6.07 Å². The highest BCUT2D eigenvalue weighted by Gasteiger charge is 2.31. The summed E-state index contributed by atoms with van der Waals surface area (Å²) in [4.78, 5) is 24.2. The highest BCUT2D eigenvalue weighted by atomic mass is 16.6. The third-order valence-electron chi connectivity index (χ3n) is 3.31. The number of hydrogen-bond acceptors (Lipinski definition) is 3. The second-order valence-electron chi connectivity index (χ2n) is 4.64. The predicted molar refractivity (Wildman–Crippen MR) is 69.2 cm³/mol. The number of carboxylic acid groups (broad SMARTS) is 1. The maximum Gasteiger partial charge on any atom is 0.415 e. The minimum atomic E-state index is -0.858. The van der Waals surface area contributed by atoms with Crippen LogP contribution in [0.1, 0.15) is 18.9 Å². The number of carboxylic acids is 1. The van der Waals surface area contributed by atoms with Gasteiger partial charge in [-0.15, -0.1) is 0 Å². The van der Waals surface area contributed by atoms with Crippen molar-refractivity contribution in [1.29, 1.82) is 0 Å². The zero-order chi connectivity index (χ0) is 13.8. The molecule has 1 aliphatic rings. The van der Waals surface area contributed by atoms with E-state index in [0.717, 1.165) is 12.0 Å². The second kappa shape index (κ2) is 5.73. The molecular formula is C14H17NO4. The summed E-state index contributed by atoms with van der Waals surface area (Å²) in [6, 6.07) is 7.35. The Morgan fingerprint density at radius 1 is 1.47 bits per heavy atom. The van der Waals surface area contributed by atoms with E-state index in [9.17, 15) is 9.59 Å². The van der Waals surface area contributed by atoms with Gasteiger partial charge in [-0.05, 0) is 30.5 Å². The molecule has 1 unspecified atom stereocenters. The molecule has 0 radical (unpaired) electrons. The van der Waals surface area contributed by atoms with Crippen LogP contribution in [0.4, 0.5) is 4.79 Å². The van der Waals surface area contributed by atoms with E-state index in [4.69, 9.17) is 9.84 Å². The molecular weight excluding hydrogens is 246 g/mol. The van der Waals surface area contributed by atoms with Gasteiger partial charge in [0.05, 0.1) is 5.92 Å². The zero-order valence-corrected chi connectivity index (χ0v) is 10.8. The summed E-state index contributed by atoms with van der Waals surface area (Å²) in [7, 11) is 0. The van der Waals surface area contributed by atoms with Gasteiger partial charge in [0.15, 0.2) is 0 Å². The molecule has 0 spiro atoms. The maximum absolute atomic E-state index is 11.9. The summed E-state index contributed by atoms with van der Waals surface area (Å²) in [5.74, 6) is -0.832. The monoisotopic (exact) mass is 263 g/mol. The lowest BCUT2D eigenvalue weighted by Gasteiger charge is -2.15. The van der Waals surface area contributed by atoms with Crippen molar-refractivity contribution in [3.05, 3.63) is 29.8 Å². The number of carbonyl (C=O) groups is 2. The molecule has 0 saturated carbocycles. The van der Waals surface area contributed by atoms with Gasteiger partial charge in [0.1, 0.15) is 5.75 Å². The van der Waals surface area contributed by atoms with Gasteiger partial charge in [0, 0.05) is 13.1 Å². The number of amides is 1. The molecule has 1 amide bonds. The number of likely N-dealkylation sites (tertiary alicyclic amines) is 1. The third-order valence-corrected chi connectivity index (χ3v) is 3.31. The Morgan fingerprint density at radius 3 is 2.89 bits per heavy atom. The van der Waals surface area contributed by atoms with E-state index in [-0.39, 0.29) is 6.54 Å². The minimum absolute atomic E-state index is 0.224. The first kappa shape index (κ1) is 13.4. The van der Waals surface area contributed by atoms with Gasteiger partial charge in [-0.2, -0.15) is 0 Å². The van der Waals surface area contributed by atoms with Gasteiger partial charge in [-0.3, -0.25) is 4.79 Å². The van der Waals surface area contributed by atoms with Crippen LogP contribution in [0, 0.1) is 5.92 Å². The fraction of sp³-hybridized carbons (Fsp3) is 0.429. The molecule has 2 rings (SSSR count). The number of ether oxygens (including phenoxy) is 1. The van der Waals surface area contributed by atoms with Crippen molar-refractivity contribution in [2.24, 2.45) is 5.92 Å². The molecule has 1 saturated heterocycles. The normalized spacial score (nSPS) is 18.4. The molecule has 1 heterocycles. The fourth-order valence-corrected chi connectivity index (χ4v) is 2.12. The molecule has 5 heteroatoms. The van der Waals surface area contributed by atoms with Crippen molar-refractivity contribution >= 4 is 12.1 Å². The molecule has 1 fully saturated rings. The van der Waals surface area contributed by atoms with E-state index in [1.165, 1.54) is 4.90 Å². The van der Waals surface area contributed by atoms with Crippen LogP contribution < -0.4 is 4.74 Å². The molecule has 19 heavy (non-hydrogen) atoms. The molecule has 1 N–H and O–H groups in total. The molecule has 0 aromatic heterocycles. The number of carbonyl (C=O) groups excluding carboxylic acids is 1. The van der Waals surface area contributed by atoms with E-state index < -0.39 is 18.0 Å². The zero-order valence-electron chi connectivity index (χ0n) is 10.8. The quantitative estimate of drug-likeness (QED) is 0.907. The topological polar surface area (TPSA) is 66.8 Å². The lowest BCUT2D eigenvalue weighted by molar-refractivity contribution is -0.141. The lowest BCUT2D eigenvalue weighted by Crippen LogP contribution is -2.32. The van der Waals surface area contributed by atoms with Crippen molar-refractivity contribution in [3.8, 4) is 5.75 Å². The average Bonchev–Trinajstić information content (AvgIpc) is 2.89. The largest absolute Gasteiger partial charge is 0.481 e. The molecule has 5 nitrogen and oxygen atoms in total. The molecule has 1 aromatic rings. The van der Waals surface area contributed by atoms with E-state index >= 15 is 0 Å². The number of benzene rings is 1. The van der Waals surface area contributed by atoms with Crippen molar-refractivity contribution < 1.29 is 19.4 Å². The van der Waals surface area contributed by atoms with Gasteiger partial charge in [-0.1, -0.05) is 19.1 Å². The Balaban J connectivity index is 1.96. The van der Waals surface area contributed by atoms with Gasteiger partial charge in [0.25, 0.3) is 0 Å².